The molecule has 2 N–H and O–H groups in total. The van der Waals surface area contributed by atoms with E-state index in [4.69, 9.17) is 0 Å². The number of halogens is 1. The smallest absolute Gasteiger partial charge is 0.331 e. The maximum Gasteiger partial charge on any atom is 0.331 e. The summed E-state index contributed by atoms with van der Waals surface area (Å²) < 4.78 is 0.328. The van der Waals surface area contributed by atoms with E-state index in [1.807, 2.05) is 0 Å². The lowest BCUT2D eigenvalue weighted by molar-refractivity contribution is -0.385. The van der Waals surface area contributed by atoms with Crippen LogP contribution in [0, 0.1) is 10.1 Å². The first-order valence-electron chi connectivity index (χ1n) is 5.31. The van der Waals surface area contributed by atoms with E-state index in [1.54, 1.807) is 17.5 Å². The maximum atomic E-state index is 11.3. The van der Waals surface area contributed by atoms with Gasteiger partial charge in [-0.25, -0.2) is 9.78 Å². The van der Waals surface area contributed by atoms with Gasteiger partial charge in [0.2, 0.25) is 0 Å². The molecule has 0 aliphatic heterocycles. The van der Waals surface area contributed by atoms with E-state index in [1.165, 1.54) is 17.4 Å². The molecule has 0 saturated carbocycles. The quantitative estimate of drug-likeness (QED) is 0.629. The van der Waals surface area contributed by atoms with E-state index in [0.29, 0.717) is 9.35 Å². The summed E-state index contributed by atoms with van der Waals surface area (Å²) in [5.41, 5.74) is -0.176. The second kappa shape index (κ2) is 5.97. The molecular formula is C11H8BrN3O4S. The highest BCUT2D eigenvalue weighted by Crippen LogP contribution is 2.29. The molecule has 0 aliphatic carbocycles. The van der Waals surface area contributed by atoms with Gasteiger partial charge in [0.15, 0.2) is 6.04 Å². The number of aromatic nitrogens is 1. The average Bonchev–Trinajstić information content (AvgIpc) is 2.90. The molecule has 7 nitrogen and oxygen atoms in total. The average molecular weight is 358 g/mol. The number of carboxylic acids is 1. The zero-order chi connectivity index (χ0) is 14.7. The summed E-state index contributed by atoms with van der Waals surface area (Å²) in [6.07, 6.45) is 1.07. The molecule has 0 bridgehead atoms. The van der Waals surface area contributed by atoms with E-state index in [2.05, 4.69) is 26.2 Å². The van der Waals surface area contributed by atoms with Crippen LogP contribution in [0.2, 0.25) is 0 Å². The van der Waals surface area contributed by atoms with E-state index >= 15 is 0 Å². The molecule has 0 saturated heterocycles. The first-order chi connectivity index (χ1) is 9.49. The van der Waals surface area contributed by atoms with Gasteiger partial charge in [-0.05, 0) is 27.4 Å². The number of carbonyl (C=O) groups is 1. The molecule has 0 radical (unpaired) electrons. The van der Waals surface area contributed by atoms with Gasteiger partial charge in [0.05, 0.1) is 9.40 Å². The molecule has 0 fully saturated rings. The van der Waals surface area contributed by atoms with Gasteiger partial charge in [-0.2, -0.15) is 0 Å². The molecule has 2 rings (SSSR count). The number of nitrogens with zero attached hydrogens (tertiary/aromatic N) is 2. The van der Waals surface area contributed by atoms with Crippen LogP contribution in [0.4, 0.5) is 11.5 Å². The number of pyridine rings is 1. The fourth-order valence-corrected chi connectivity index (χ4v) is 2.70. The zero-order valence-corrected chi connectivity index (χ0v) is 12.2. The number of rotatable bonds is 5. The third-order valence-electron chi connectivity index (χ3n) is 2.39. The predicted molar refractivity (Wildman–Crippen MR) is 76.9 cm³/mol. The maximum absolute atomic E-state index is 11.3. The van der Waals surface area contributed by atoms with Gasteiger partial charge in [-0.1, -0.05) is 6.07 Å². The number of anilines is 1. The van der Waals surface area contributed by atoms with Crippen molar-refractivity contribution in [1.29, 1.82) is 0 Å². The summed E-state index contributed by atoms with van der Waals surface area (Å²) in [7, 11) is 0. The number of thiophene rings is 1. The molecule has 1 unspecified atom stereocenters. The third-order valence-corrected chi connectivity index (χ3v) is 3.93. The topological polar surface area (TPSA) is 105 Å². The largest absolute Gasteiger partial charge is 0.479 e. The molecule has 104 valence electrons. The molecule has 2 aromatic rings. The van der Waals surface area contributed by atoms with Gasteiger partial charge in [-0.15, -0.1) is 11.3 Å². The Morgan fingerprint density at radius 1 is 1.60 bits per heavy atom. The number of hydrogen-bond acceptors (Lipinski definition) is 6. The minimum Gasteiger partial charge on any atom is -0.479 e. The van der Waals surface area contributed by atoms with Crippen molar-refractivity contribution in [3.05, 3.63) is 49.2 Å². The first-order valence-corrected chi connectivity index (χ1v) is 6.99. The van der Waals surface area contributed by atoms with E-state index in [9.17, 15) is 20.0 Å². The highest BCUT2D eigenvalue weighted by atomic mass is 79.9. The van der Waals surface area contributed by atoms with Gasteiger partial charge < -0.3 is 10.4 Å². The van der Waals surface area contributed by atoms with Crippen molar-refractivity contribution in [3.63, 3.8) is 0 Å². The lowest BCUT2D eigenvalue weighted by Gasteiger charge is -2.14. The van der Waals surface area contributed by atoms with Gasteiger partial charge in [0.1, 0.15) is 12.0 Å². The monoisotopic (exact) mass is 357 g/mol. The fourth-order valence-electron chi connectivity index (χ4n) is 1.48. The molecule has 0 amide bonds. The molecule has 2 heterocycles. The Labute approximate surface area is 125 Å². The lowest BCUT2D eigenvalue weighted by atomic mass is 10.2. The number of aliphatic carboxylic acids is 1. The molecule has 1 atom stereocenters. The number of nitro groups is 1. The third kappa shape index (κ3) is 3.11. The van der Waals surface area contributed by atoms with Crippen LogP contribution in [-0.2, 0) is 4.79 Å². The predicted octanol–water partition coefficient (Wildman–Crippen LogP) is 3.05. The zero-order valence-electron chi connectivity index (χ0n) is 9.82. The molecular weight excluding hydrogens is 350 g/mol. The standard InChI is InChI=1S/C11H8BrN3O4S/c12-7-4-6(15(18)19)5-13-10(7)14-9(11(16)17)8-2-1-3-20-8/h1-5,9H,(H,13,14)(H,16,17). The molecule has 2 aromatic heterocycles. The van der Waals surface area contributed by atoms with Crippen LogP contribution in [0.25, 0.3) is 0 Å². The van der Waals surface area contributed by atoms with Crippen LogP contribution in [0.1, 0.15) is 10.9 Å². The second-order valence-electron chi connectivity index (χ2n) is 3.71. The highest BCUT2D eigenvalue weighted by molar-refractivity contribution is 9.10. The number of carboxylic acid groups (broad SMARTS) is 1. The van der Waals surface area contributed by atoms with Crippen LogP contribution in [-0.4, -0.2) is 21.0 Å². The van der Waals surface area contributed by atoms with Crippen LogP contribution < -0.4 is 5.32 Å². The van der Waals surface area contributed by atoms with Crippen LogP contribution in [0.5, 0.6) is 0 Å². The molecule has 0 spiro atoms. The summed E-state index contributed by atoms with van der Waals surface area (Å²) in [5.74, 6) is -0.823. The van der Waals surface area contributed by atoms with Crippen molar-refractivity contribution in [2.45, 2.75) is 6.04 Å². The Hall–Kier alpha value is -2.00. The van der Waals surface area contributed by atoms with Crippen LogP contribution in [0.15, 0.2) is 34.2 Å². The van der Waals surface area contributed by atoms with Crippen molar-refractivity contribution in [3.8, 4) is 0 Å². The Balaban J connectivity index is 2.28. The second-order valence-corrected chi connectivity index (χ2v) is 5.55. The Morgan fingerprint density at radius 3 is 2.85 bits per heavy atom. The molecule has 0 aromatic carbocycles. The minimum atomic E-state index is -1.06. The number of hydrogen-bond donors (Lipinski definition) is 2. The molecule has 20 heavy (non-hydrogen) atoms. The first kappa shape index (κ1) is 14.4. The van der Waals surface area contributed by atoms with E-state index in [-0.39, 0.29) is 11.5 Å². The normalized spacial score (nSPS) is 11.8. The summed E-state index contributed by atoms with van der Waals surface area (Å²) in [6.45, 7) is 0. The van der Waals surface area contributed by atoms with Crippen LogP contribution in [0.3, 0.4) is 0 Å². The van der Waals surface area contributed by atoms with Gasteiger partial charge in [0, 0.05) is 10.9 Å². The Morgan fingerprint density at radius 2 is 2.35 bits per heavy atom. The van der Waals surface area contributed by atoms with Crippen molar-refractivity contribution in [2.75, 3.05) is 5.32 Å². The highest BCUT2D eigenvalue weighted by Gasteiger charge is 2.22. The summed E-state index contributed by atoms with van der Waals surface area (Å²) >= 11 is 4.44. The van der Waals surface area contributed by atoms with Crippen molar-refractivity contribution < 1.29 is 14.8 Å². The molecule has 9 heteroatoms. The van der Waals surface area contributed by atoms with Crippen molar-refractivity contribution in [1.82, 2.24) is 4.98 Å². The van der Waals surface area contributed by atoms with Gasteiger partial charge >= 0.3 is 5.97 Å². The van der Waals surface area contributed by atoms with E-state index < -0.39 is 16.9 Å². The fraction of sp³-hybridized carbons (Fsp3) is 0.0909. The lowest BCUT2D eigenvalue weighted by Crippen LogP contribution is -2.20. The Bertz CT molecular complexity index is 647. The Kier molecular flexibility index (Phi) is 4.30. The van der Waals surface area contributed by atoms with E-state index in [0.717, 1.165) is 6.20 Å². The minimum absolute atomic E-state index is 0.176. The van der Waals surface area contributed by atoms with Gasteiger partial charge in [-0.3, -0.25) is 10.1 Å². The van der Waals surface area contributed by atoms with Crippen molar-refractivity contribution >= 4 is 44.7 Å². The summed E-state index contributed by atoms with van der Waals surface area (Å²) in [5, 5.41) is 24.4. The van der Waals surface area contributed by atoms with Gasteiger partial charge in [0.25, 0.3) is 5.69 Å². The summed E-state index contributed by atoms with van der Waals surface area (Å²) in [4.78, 5) is 25.8. The SMILES string of the molecule is O=C(O)C(Nc1ncc([N+](=O)[O-])cc1Br)c1cccs1. The van der Waals surface area contributed by atoms with Crippen LogP contribution >= 0.6 is 27.3 Å². The van der Waals surface area contributed by atoms with Crippen molar-refractivity contribution in [2.24, 2.45) is 0 Å². The number of nitrogens with one attached hydrogen (secondary N) is 1. The molecule has 0 aliphatic rings. The summed E-state index contributed by atoms with van der Waals surface area (Å²) in [6, 6.07) is 3.74.